The largest absolute Gasteiger partial charge is 0.494 e. The molecule has 0 aliphatic carbocycles. The van der Waals surface area contributed by atoms with E-state index in [1.54, 1.807) is 24.5 Å². The number of hydrogen-bond donors (Lipinski definition) is 1. The van der Waals surface area contributed by atoms with Gasteiger partial charge in [-0.2, -0.15) is 0 Å². The average Bonchev–Trinajstić information content (AvgIpc) is 3.29. The van der Waals surface area contributed by atoms with Crippen LogP contribution in [0.15, 0.2) is 67.0 Å². The van der Waals surface area contributed by atoms with Crippen molar-refractivity contribution < 1.29 is 19.4 Å². The Labute approximate surface area is 300 Å². The Balaban J connectivity index is 1.36. The smallest absolute Gasteiger partial charge is 0.335 e. The van der Waals surface area contributed by atoms with E-state index >= 15 is 0 Å². The number of aromatic carboxylic acids is 1. The molecule has 1 amide bonds. The summed E-state index contributed by atoms with van der Waals surface area (Å²) in [4.78, 5) is 37.5. The maximum atomic E-state index is 15.0. The van der Waals surface area contributed by atoms with E-state index in [4.69, 9.17) is 27.9 Å². The van der Waals surface area contributed by atoms with Gasteiger partial charge in [-0.15, -0.1) is 0 Å². The molecule has 7 rings (SSSR count). The predicted molar refractivity (Wildman–Crippen MR) is 199 cm³/mol. The standard InChI is InChI=1S/C40H36Cl2N4O4/c1-22-18-28(19-23(2)36(22)42)50-17-6-9-30-31-13-14-32(41)35(34-24(3)43-21-44-25(34)4)37(31)46-16-7-15-45(39(47)38(30)46)33-10-5-8-26-20-27(40(48)49)11-12-29(26)33/h5,8,10-14,18-21H,6-7,9,15-17H2,1-4H3,(H,48,49). The molecule has 0 fully saturated rings. The lowest BCUT2D eigenvalue weighted by Crippen LogP contribution is -2.31. The van der Waals surface area contributed by atoms with E-state index in [1.807, 2.05) is 75.1 Å². The van der Waals surface area contributed by atoms with Crippen molar-refractivity contribution in [3.05, 3.63) is 116 Å². The molecule has 0 saturated heterocycles. The van der Waals surface area contributed by atoms with Crippen molar-refractivity contribution in [1.82, 2.24) is 14.5 Å². The number of carbonyl (C=O) groups is 2. The van der Waals surface area contributed by atoms with Gasteiger partial charge >= 0.3 is 5.97 Å². The number of anilines is 1. The van der Waals surface area contributed by atoms with Crippen LogP contribution in [0.3, 0.4) is 0 Å². The second-order valence-electron chi connectivity index (χ2n) is 12.9. The van der Waals surface area contributed by atoms with E-state index in [2.05, 4.69) is 14.5 Å². The zero-order chi connectivity index (χ0) is 35.3. The Kier molecular flexibility index (Phi) is 9.01. The summed E-state index contributed by atoms with van der Waals surface area (Å²) in [6, 6.07) is 18.5. The molecule has 0 atom stereocenters. The fraction of sp³-hybridized carbons (Fsp3) is 0.250. The van der Waals surface area contributed by atoms with Gasteiger partial charge in [0.2, 0.25) is 0 Å². The lowest BCUT2D eigenvalue weighted by molar-refractivity contribution is 0.0696. The van der Waals surface area contributed by atoms with Gasteiger partial charge in [0.25, 0.3) is 5.91 Å². The van der Waals surface area contributed by atoms with Crippen LogP contribution in [-0.2, 0) is 13.0 Å². The zero-order valence-corrected chi connectivity index (χ0v) is 29.8. The Hall–Kier alpha value is -4.92. The Morgan fingerprint density at radius 3 is 2.34 bits per heavy atom. The average molecular weight is 708 g/mol. The minimum atomic E-state index is -0.994. The number of aromatic nitrogens is 3. The molecule has 4 aromatic carbocycles. The highest BCUT2D eigenvalue weighted by atomic mass is 35.5. The molecule has 1 N–H and O–H groups in total. The van der Waals surface area contributed by atoms with Gasteiger partial charge in [-0.25, -0.2) is 14.8 Å². The highest BCUT2D eigenvalue weighted by molar-refractivity contribution is 6.35. The topological polar surface area (TPSA) is 97.6 Å². The van der Waals surface area contributed by atoms with Crippen molar-refractivity contribution in [3.63, 3.8) is 0 Å². The van der Waals surface area contributed by atoms with Crippen molar-refractivity contribution in [2.75, 3.05) is 18.1 Å². The summed E-state index contributed by atoms with van der Waals surface area (Å²) in [7, 11) is 0. The van der Waals surface area contributed by atoms with E-state index < -0.39 is 5.97 Å². The fourth-order valence-electron chi connectivity index (χ4n) is 7.32. The molecule has 10 heteroatoms. The highest BCUT2D eigenvalue weighted by Crippen LogP contribution is 2.43. The summed E-state index contributed by atoms with van der Waals surface area (Å²) in [6.45, 7) is 9.37. The van der Waals surface area contributed by atoms with Gasteiger partial charge in [0.1, 0.15) is 17.8 Å². The Bertz CT molecular complexity index is 2310. The van der Waals surface area contributed by atoms with E-state index in [0.717, 1.165) is 77.3 Å². The van der Waals surface area contributed by atoms with Crippen LogP contribution >= 0.6 is 23.2 Å². The van der Waals surface area contributed by atoms with Crippen LogP contribution < -0.4 is 9.64 Å². The number of fused-ring (bicyclic) bond motifs is 4. The molecular weight excluding hydrogens is 671 g/mol. The molecule has 0 spiro atoms. The second-order valence-corrected chi connectivity index (χ2v) is 13.7. The van der Waals surface area contributed by atoms with Crippen LogP contribution in [0.25, 0.3) is 32.8 Å². The minimum absolute atomic E-state index is 0.117. The molecule has 2 aromatic heterocycles. The number of rotatable bonds is 8. The number of carboxylic acids is 1. The van der Waals surface area contributed by atoms with Crippen LogP contribution in [0.5, 0.6) is 5.75 Å². The van der Waals surface area contributed by atoms with Gasteiger partial charge in [-0.3, -0.25) is 4.79 Å². The van der Waals surface area contributed by atoms with Gasteiger partial charge in [0.05, 0.1) is 28.4 Å². The van der Waals surface area contributed by atoms with Crippen LogP contribution in [0.1, 0.15) is 61.8 Å². The van der Waals surface area contributed by atoms with E-state index in [9.17, 15) is 14.7 Å². The lowest BCUT2D eigenvalue weighted by Gasteiger charge is -2.23. The van der Waals surface area contributed by atoms with E-state index in [0.29, 0.717) is 49.7 Å². The Morgan fingerprint density at radius 2 is 1.62 bits per heavy atom. The molecule has 8 nitrogen and oxygen atoms in total. The molecule has 50 heavy (non-hydrogen) atoms. The van der Waals surface area contributed by atoms with Crippen LogP contribution in [0, 0.1) is 27.7 Å². The quantitative estimate of drug-likeness (QED) is 0.158. The number of hydrogen-bond acceptors (Lipinski definition) is 5. The monoisotopic (exact) mass is 706 g/mol. The molecule has 1 aliphatic rings. The highest BCUT2D eigenvalue weighted by Gasteiger charge is 2.32. The number of carbonyl (C=O) groups excluding carboxylic acids is 1. The summed E-state index contributed by atoms with van der Waals surface area (Å²) in [5.41, 5.74) is 8.62. The molecule has 3 heterocycles. The number of carboxylic acid groups (broad SMARTS) is 1. The zero-order valence-electron chi connectivity index (χ0n) is 28.3. The summed E-state index contributed by atoms with van der Waals surface area (Å²) in [5, 5.41) is 13.4. The van der Waals surface area contributed by atoms with Crippen molar-refractivity contribution in [2.24, 2.45) is 0 Å². The first-order chi connectivity index (χ1) is 24.0. The number of amides is 1. The second kappa shape index (κ2) is 13.4. The lowest BCUT2D eigenvalue weighted by atomic mass is 9.97. The minimum Gasteiger partial charge on any atom is -0.494 e. The van der Waals surface area contributed by atoms with Crippen molar-refractivity contribution in [3.8, 4) is 16.9 Å². The first kappa shape index (κ1) is 33.6. The maximum Gasteiger partial charge on any atom is 0.335 e. The summed E-state index contributed by atoms with van der Waals surface area (Å²) >= 11 is 13.4. The fourth-order valence-corrected chi connectivity index (χ4v) is 7.67. The number of benzene rings is 4. The number of aryl methyl sites for hydroxylation is 6. The maximum absolute atomic E-state index is 15.0. The number of ether oxygens (including phenoxy) is 1. The first-order valence-electron chi connectivity index (χ1n) is 16.6. The molecule has 0 radical (unpaired) electrons. The van der Waals surface area contributed by atoms with E-state index in [-0.39, 0.29) is 11.5 Å². The molecular formula is C40H36Cl2N4O4. The normalized spacial score (nSPS) is 13.2. The molecule has 0 saturated carbocycles. The van der Waals surface area contributed by atoms with Crippen molar-refractivity contribution >= 4 is 62.4 Å². The molecule has 254 valence electrons. The third-order valence-electron chi connectivity index (χ3n) is 9.61. The summed E-state index contributed by atoms with van der Waals surface area (Å²) in [6.07, 6.45) is 3.50. The number of halogens is 2. The summed E-state index contributed by atoms with van der Waals surface area (Å²) < 4.78 is 8.34. The van der Waals surface area contributed by atoms with Gasteiger partial charge in [-0.1, -0.05) is 47.5 Å². The van der Waals surface area contributed by atoms with Gasteiger partial charge in [0, 0.05) is 51.4 Å². The summed E-state index contributed by atoms with van der Waals surface area (Å²) in [5.74, 6) is -0.349. The van der Waals surface area contributed by atoms with Gasteiger partial charge in [-0.05, 0) is 105 Å². The van der Waals surface area contributed by atoms with Crippen LogP contribution in [0.2, 0.25) is 10.0 Å². The van der Waals surface area contributed by atoms with Crippen molar-refractivity contribution in [1.29, 1.82) is 0 Å². The van der Waals surface area contributed by atoms with Gasteiger partial charge in [0.15, 0.2) is 0 Å². The van der Waals surface area contributed by atoms with E-state index in [1.165, 1.54) is 0 Å². The first-order valence-corrected chi connectivity index (χ1v) is 17.4. The molecule has 0 unspecified atom stereocenters. The van der Waals surface area contributed by atoms with Crippen LogP contribution in [-0.4, -0.2) is 44.7 Å². The predicted octanol–water partition coefficient (Wildman–Crippen LogP) is 9.55. The third kappa shape index (κ3) is 5.86. The molecule has 1 aliphatic heterocycles. The van der Waals surface area contributed by atoms with Crippen LogP contribution in [0.4, 0.5) is 5.69 Å². The van der Waals surface area contributed by atoms with Crippen molar-refractivity contribution in [2.45, 2.75) is 53.5 Å². The SMILES string of the molecule is Cc1cc(OCCCc2c3n(c4c(-c5c(C)ncnc5C)c(Cl)ccc24)CCCN(c2cccc4cc(C(=O)O)ccc24)C3=O)cc(C)c1Cl. The third-order valence-corrected chi connectivity index (χ3v) is 10.5. The Morgan fingerprint density at radius 1 is 0.900 bits per heavy atom. The number of nitrogens with zero attached hydrogens (tertiary/aromatic N) is 4. The molecule has 0 bridgehead atoms. The molecule has 6 aromatic rings. The van der Waals surface area contributed by atoms with Gasteiger partial charge < -0.3 is 19.3 Å².